The van der Waals surface area contributed by atoms with Crippen molar-refractivity contribution >= 4 is 22.5 Å². The van der Waals surface area contributed by atoms with Crippen molar-refractivity contribution in [1.29, 1.82) is 0 Å². The number of halogens is 1. The van der Waals surface area contributed by atoms with Crippen molar-refractivity contribution in [3.8, 4) is 11.5 Å². The van der Waals surface area contributed by atoms with E-state index in [9.17, 15) is 4.79 Å². The Labute approximate surface area is 128 Å². The Hall–Kier alpha value is -1.75. The standard InChI is InChI=1S/C15H19ClN2O3/c1-4-5-6-18-14(9-16)17-11-8-13(21-3)12(20-2)7-10(11)15(18)19/h7-8H,4-6,9H2,1-3H3. The zero-order valence-electron chi connectivity index (χ0n) is 12.5. The Morgan fingerprint density at radius 1 is 1.24 bits per heavy atom. The number of unbranched alkanes of at least 4 members (excludes halogenated alkanes) is 1. The maximum atomic E-state index is 12.6. The molecule has 0 radical (unpaired) electrons. The Morgan fingerprint density at radius 3 is 2.48 bits per heavy atom. The van der Waals surface area contributed by atoms with Crippen LogP contribution >= 0.6 is 11.6 Å². The molecular weight excluding hydrogens is 292 g/mol. The van der Waals surface area contributed by atoms with Crippen molar-refractivity contribution in [2.75, 3.05) is 14.2 Å². The molecule has 0 unspecified atom stereocenters. The largest absolute Gasteiger partial charge is 0.493 e. The van der Waals surface area contributed by atoms with E-state index in [1.54, 1.807) is 30.9 Å². The number of nitrogens with zero attached hydrogens (tertiary/aromatic N) is 2. The number of methoxy groups -OCH3 is 2. The van der Waals surface area contributed by atoms with Crippen LogP contribution in [0.2, 0.25) is 0 Å². The predicted molar refractivity (Wildman–Crippen MR) is 83.6 cm³/mol. The molecule has 6 heteroatoms. The van der Waals surface area contributed by atoms with E-state index in [0.717, 1.165) is 12.8 Å². The summed E-state index contributed by atoms with van der Waals surface area (Å²) in [5.74, 6) is 1.84. The van der Waals surface area contributed by atoms with Crippen molar-refractivity contribution in [1.82, 2.24) is 9.55 Å². The second-order valence-electron chi connectivity index (χ2n) is 4.70. The number of benzene rings is 1. The van der Waals surface area contributed by atoms with Gasteiger partial charge in [-0.25, -0.2) is 4.98 Å². The lowest BCUT2D eigenvalue weighted by atomic mass is 10.2. The summed E-state index contributed by atoms with van der Waals surface area (Å²) in [6.45, 7) is 2.70. The van der Waals surface area contributed by atoms with Gasteiger partial charge >= 0.3 is 0 Å². The van der Waals surface area contributed by atoms with Crippen LogP contribution in [0.1, 0.15) is 25.6 Å². The summed E-state index contributed by atoms with van der Waals surface area (Å²) in [4.78, 5) is 17.1. The van der Waals surface area contributed by atoms with E-state index < -0.39 is 0 Å². The fourth-order valence-corrected chi connectivity index (χ4v) is 2.45. The second kappa shape index (κ2) is 6.80. The van der Waals surface area contributed by atoms with Gasteiger partial charge in [-0.2, -0.15) is 0 Å². The summed E-state index contributed by atoms with van der Waals surface area (Å²) >= 11 is 5.94. The number of hydrogen-bond acceptors (Lipinski definition) is 4. The van der Waals surface area contributed by atoms with E-state index in [0.29, 0.717) is 34.8 Å². The van der Waals surface area contributed by atoms with Gasteiger partial charge in [0.2, 0.25) is 0 Å². The smallest absolute Gasteiger partial charge is 0.261 e. The van der Waals surface area contributed by atoms with Gasteiger partial charge in [0.25, 0.3) is 5.56 Å². The Balaban J connectivity index is 2.71. The Bertz CT molecular complexity index is 697. The normalized spacial score (nSPS) is 10.9. The summed E-state index contributed by atoms with van der Waals surface area (Å²) in [6, 6.07) is 3.37. The molecule has 114 valence electrons. The van der Waals surface area contributed by atoms with Crippen LogP contribution < -0.4 is 15.0 Å². The summed E-state index contributed by atoms with van der Waals surface area (Å²) in [6.07, 6.45) is 1.91. The topological polar surface area (TPSA) is 53.4 Å². The summed E-state index contributed by atoms with van der Waals surface area (Å²) < 4.78 is 12.1. The number of aromatic nitrogens is 2. The van der Waals surface area contributed by atoms with E-state index in [4.69, 9.17) is 21.1 Å². The van der Waals surface area contributed by atoms with Crippen molar-refractivity contribution in [3.63, 3.8) is 0 Å². The molecule has 2 rings (SSSR count). The maximum Gasteiger partial charge on any atom is 0.261 e. The molecule has 0 spiro atoms. The van der Waals surface area contributed by atoms with Crippen LogP contribution in [-0.2, 0) is 12.4 Å². The van der Waals surface area contributed by atoms with Gasteiger partial charge in [0.1, 0.15) is 5.82 Å². The van der Waals surface area contributed by atoms with Crippen molar-refractivity contribution in [2.24, 2.45) is 0 Å². The van der Waals surface area contributed by atoms with Crippen molar-refractivity contribution in [2.45, 2.75) is 32.2 Å². The average molecular weight is 311 g/mol. The molecule has 1 aromatic heterocycles. The fourth-order valence-electron chi connectivity index (χ4n) is 2.24. The molecule has 0 amide bonds. The minimum atomic E-state index is -0.0925. The maximum absolute atomic E-state index is 12.6. The molecule has 0 atom stereocenters. The lowest BCUT2D eigenvalue weighted by Gasteiger charge is -2.13. The molecule has 21 heavy (non-hydrogen) atoms. The molecular formula is C15H19ClN2O3. The second-order valence-corrected chi connectivity index (χ2v) is 4.96. The number of rotatable bonds is 6. The SMILES string of the molecule is CCCCn1c(CCl)nc2cc(OC)c(OC)cc2c1=O. The van der Waals surface area contributed by atoms with E-state index in [1.165, 1.54) is 0 Å². The molecule has 1 aromatic carbocycles. The molecule has 0 bridgehead atoms. The average Bonchev–Trinajstić information content (AvgIpc) is 2.52. The van der Waals surface area contributed by atoms with Gasteiger partial charge in [-0.3, -0.25) is 9.36 Å². The highest BCUT2D eigenvalue weighted by molar-refractivity contribution is 6.16. The lowest BCUT2D eigenvalue weighted by Crippen LogP contribution is -2.25. The molecule has 0 aliphatic heterocycles. The highest BCUT2D eigenvalue weighted by atomic mass is 35.5. The van der Waals surface area contributed by atoms with Crippen LogP contribution in [-0.4, -0.2) is 23.8 Å². The molecule has 0 saturated heterocycles. The molecule has 0 fully saturated rings. The summed E-state index contributed by atoms with van der Waals surface area (Å²) in [7, 11) is 3.09. The summed E-state index contributed by atoms with van der Waals surface area (Å²) in [5.41, 5.74) is 0.478. The fraction of sp³-hybridized carbons (Fsp3) is 0.467. The highest BCUT2D eigenvalue weighted by Gasteiger charge is 2.14. The predicted octanol–water partition coefficient (Wildman–Crippen LogP) is 2.95. The molecule has 0 aliphatic carbocycles. The monoisotopic (exact) mass is 310 g/mol. The first-order valence-electron chi connectivity index (χ1n) is 6.87. The van der Waals surface area contributed by atoms with Gasteiger partial charge in [0.15, 0.2) is 11.5 Å². The zero-order chi connectivity index (χ0) is 15.4. The molecule has 0 aliphatic rings. The van der Waals surface area contributed by atoms with E-state index in [1.807, 2.05) is 0 Å². The lowest BCUT2D eigenvalue weighted by molar-refractivity contribution is 0.355. The van der Waals surface area contributed by atoms with Gasteiger partial charge in [0.05, 0.1) is 31.0 Å². The zero-order valence-corrected chi connectivity index (χ0v) is 13.2. The van der Waals surface area contributed by atoms with Gasteiger partial charge in [0, 0.05) is 12.6 Å². The number of alkyl halides is 1. The molecule has 2 aromatic rings. The number of hydrogen-bond donors (Lipinski definition) is 0. The van der Waals surface area contributed by atoms with Crippen molar-refractivity contribution < 1.29 is 9.47 Å². The third kappa shape index (κ3) is 2.97. The molecule has 0 N–H and O–H groups in total. The highest BCUT2D eigenvalue weighted by Crippen LogP contribution is 2.30. The quantitative estimate of drug-likeness (QED) is 0.770. The number of fused-ring (bicyclic) bond motifs is 1. The van der Waals surface area contributed by atoms with Crippen LogP contribution in [0.25, 0.3) is 10.9 Å². The van der Waals surface area contributed by atoms with Crippen LogP contribution in [0.3, 0.4) is 0 Å². The van der Waals surface area contributed by atoms with Gasteiger partial charge in [-0.05, 0) is 12.5 Å². The number of ether oxygens (including phenoxy) is 2. The molecule has 5 nitrogen and oxygen atoms in total. The Kier molecular flexibility index (Phi) is 5.07. The first-order chi connectivity index (χ1) is 10.2. The van der Waals surface area contributed by atoms with Crippen LogP contribution in [0, 0.1) is 0 Å². The molecule has 0 saturated carbocycles. The minimum Gasteiger partial charge on any atom is -0.493 e. The van der Waals surface area contributed by atoms with Crippen LogP contribution in [0.4, 0.5) is 0 Å². The van der Waals surface area contributed by atoms with E-state index in [2.05, 4.69) is 11.9 Å². The third-order valence-corrected chi connectivity index (χ3v) is 3.63. The summed E-state index contributed by atoms with van der Waals surface area (Å²) in [5, 5.41) is 0.512. The third-order valence-electron chi connectivity index (χ3n) is 3.39. The van der Waals surface area contributed by atoms with Crippen molar-refractivity contribution in [3.05, 3.63) is 28.3 Å². The van der Waals surface area contributed by atoms with E-state index in [-0.39, 0.29) is 11.4 Å². The van der Waals surface area contributed by atoms with Crippen LogP contribution in [0.5, 0.6) is 11.5 Å². The minimum absolute atomic E-state index is 0.0925. The van der Waals surface area contributed by atoms with Gasteiger partial charge < -0.3 is 9.47 Å². The van der Waals surface area contributed by atoms with Gasteiger partial charge in [-0.1, -0.05) is 13.3 Å². The Morgan fingerprint density at radius 2 is 1.90 bits per heavy atom. The van der Waals surface area contributed by atoms with Crippen LogP contribution in [0.15, 0.2) is 16.9 Å². The first kappa shape index (κ1) is 15.6. The van der Waals surface area contributed by atoms with E-state index >= 15 is 0 Å². The molecule has 1 heterocycles. The first-order valence-corrected chi connectivity index (χ1v) is 7.41. The van der Waals surface area contributed by atoms with Gasteiger partial charge in [-0.15, -0.1) is 11.6 Å².